The van der Waals surface area contributed by atoms with Gasteiger partial charge in [0.15, 0.2) is 0 Å². The number of likely N-dealkylation sites (tertiary alicyclic amines) is 1. The molecule has 2 rings (SSSR count). The summed E-state index contributed by atoms with van der Waals surface area (Å²) in [7, 11) is 8.46. The first kappa shape index (κ1) is 15.9. The Morgan fingerprint density at radius 3 is 1.90 bits per heavy atom. The maximum absolute atomic E-state index is 12.2. The van der Waals surface area contributed by atoms with E-state index in [2.05, 4.69) is 31.4 Å². The van der Waals surface area contributed by atoms with E-state index in [1.807, 2.05) is 25.7 Å². The zero-order valence-corrected chi connectivity index (χ0v) is 13.9. The molecular weight excluding hydrogens is 249 g/mol. The second kappa shape index (κ2) is 4.49. The lowest BCUT2D eigenvalue weighted by Crippen LogP contribution is -2.42. The number of aliphatic hydroxyl groups is 1. The summed E-state index contributed by atoms with van der Waals surface area (Å²) in [6.07, 6.45) is -0.557. The molecule has 1 saturated carbocycles. The molecule has 0 aromatic rings. The van der Waals surface area contributed by atoms with E-state index in [1.54, 1.807) is 0 Å². The van der Waals surface area contributed by atoms with Crippen LogP contribution in [-0.4, -0.2) is 72.3 Å². The molecule has 1 aliphatic heterocycles. The van der Waals surface area contributed by atoms with Crippen LogP contribution in [0.15, 0.2) is 0 Å². The molecule has 2 fully saturated rings. The van der Waals surface area contributed by atoms with Gasteiger partial charge >= 0.3 is 6.09 Å². The van der Waals surface area contributed by atoms with Gasteiger partial charge < -0.3 is 14.7 Å². The van der Waals surface area contributed by atoms with Crippen LogP contribution < -0.4 is 0 Å². The third kappa shape index (κ3) is 2.40. The van der Waals surface area contributed by atoms with E-state index in [4.69, 9.17) is 4.74 Å². The number of nitrogens with zero attached hydrogens (tertiary/aromatic N) is 1. The summed E-state index contributed by atoms with van der Waals surface area (Å²) < 4.78 is 5.47. The summed E-state index contributed by atoms with van der Waals surface area (Å²) in [5, 5.41) is 10.2. The number of carbonyl (C=O) groups excluding carboxylic acids is 1. The Kier molecular flexibility index (Phi) is 3.56. The van der Waals surface area contributed by atoms with Crippen LogP contribution in [0.3, 0.4) is 0 Å². The molecule has 1 amide bonds. The molecule has 2 aliphatic rings. The molecule has 8 heteroatoms. The van der Waals surface area contributed by atoms with Gasteiger partial charge in [-0.15, -0.1) is 0 Å². The minimum atomic E-state index is -0.459. The van der Waals surface area contributed by atoms with Crippen molar-refractivity contribution in [1.82, 2.24) is 4.90 Å². The van der Waals surface area contributed by atoms with E-state index >= 15 is 0 Å². The van der Waals surface area contributed by atoms with E-state index in [9.17, 15) is 9.90 Å². The molecule has 1 aliphatic carbocycles. The molecule has 2 atom stereocenters. The number of aliphatic hydroxyl groups excluding tert-OH is 1. The molecule has 2 unspecified atom stereocenters. The van der Waals surface area contributed by atoms with Gasteiger partial charge in [0.2, 0.25) is 0 Å². The fourth-order valence-electron chi connectivity index (χ4n) is 4.15. The second-order valence-electron chi connectivity index (χ2n) is 8.64. The van der Waals surface area contributed by atoms with Crippen LogP contribution in [0.2, 0.25) is 10.4 Å². The average molecular weight is 275 g/mol. The molecule has 4 nitrogen and oxygen atoms in total. The Labute approximate surface area is 125 Å². The van der Waals surface area contributed by atoms with E-state index in [1.165, 1.54) is 0 Å². The van der Waals surface area contributed by atoms with Crippen molar-refractivity contribution in [2.45, 2.75) is 42.9 Å². The quantitative estimate of drug-likeness (QED) is 0.502. The van der Waals surface area contributed by atoms with Crippen molar-refractivity contribution in [3.63, 3.8) is 0 Å². The highest BCUT2D eigenvalue weighted by Crippen LogP contribution is 2.61. The molecule has 1 N–H and O–H groups in total. The Morgan fingerprint density at radius 1 is 1.15 bits per heavy atom. The third-order valence-electron chi connectivity index (χ3n) is 5.29. The zero-order chi connectivity index (χ0) is 15.5. The molecule has 0 bridgehead atoms. The van der Waals surface area contributed by atoms with E-state index < -0.39 is 5.60 Å². The van der Waals surface area contributed by atoms with Crippen LogP contribution in [-0.2, 0) is 4.74 Å². The number of fused-ring (bicyclic) bond motifs is 1. The van der Waals surface area contributed by atoms with E-state index in [0.29, 0.717) is 24.9 Å². The molecule has 0 spiro atoms. The maximum Gasteiger partial charge on any atom is 0.410 e. The smallest absolute Gasteiger partial charge is 0.410 e. The summed E-state index contributed by atoms with van der Waals surface area (Å²) in [6, 6.07) is 0. The predicted molar refractivity (Wildman–Crippen MR) is 90.4 cm³/mol. The van der Waals surface area contributed by atoms with Gasteiger partial charge in [-0.25, -0.2) is 4.79 Å². The predicted octanol–water partition coefficient (Wildman–Crippen LogP) is -2.39. The zero-order valence-electron chi connectivity index (χ0n) is 13.9. The summed E-state index contributed by atoms with van der Waals surface area (Å²) in [6.45, 7) is 7.04. The molecule has 0 radical (unpaired) electrons. The number of rotatable bonds is 0. The summed E-state index contributed by atoms with van der Waals surface area (Å²) in [5.41, 5.74) is -0.459. The topological polar surface area (TPSA) is 49.8 Å². The van der Waals surface area contributed by atoms with E-state index in [0.717, 1.165) is 0 Å². The van der Waals surface area contributed by atoms with Gasteiger partial charge in [-0.3, -0.25) is 0 Å². The van der Waals surface area contributed by atoms with Gasteiger partial charge in [-0.05, 0) is 32.6 Å². The Hall–Kier alpha value is -0.510. The average Bonchev–Trinajstić information content (AvgIpc) is 2.75. The normalized spacial score (nSPS) is 34.8. The molecule has 0 aromatic heterocycles. The van der Waals surface area contributed by atoms with Gasteiger partial charge in [-0.1, -0.05) is 10.4 Å². The minimum absolute atomic E-state index is 0.162. The van der Waals surface area contributed by atoms with Gasteiger partial charge in [0.05, 0.1) is 0 Å². The van der Waals surface area contributed by atoms with Crippen LogP contribution in [0.4, 0.5) is 4.79 Å². The lowest BCUT2D eigenvalue weighted by Gasteiger charge is -2.36. The van der Waals surface area contributed by atoms with Gasteiger partial charge in [-0.2, -0.15) is 0 Å². The Bertz CT molecular complexity index is 397. The molecule has 20 heavy (non-hydrogen) atoms. The minimum Gasteiger partial charge on any atom is -0.444 e. The van der Waals surface area contributed by atoms with Crippen molar-refractivity contribution in [2.75, 3.05) is 13.1 Å². The third-order valence-corrected chi connectivity index (χ3v) is 5.29. The van der Waals surface area contributed by atoms with Gasteiger partial charge in [0.25, 0.3) is 0 Å². The van der Waals surface area contributed by atoms with Gasteiger partial charge in [0.1, 0.15) is 37.0 Å². The largest absolute Gasteiger partial charge is 0.444 e. The van der Waals surface area contributed by atoms with Crippen molar-refractivity contribution in [2.24, 2.45) is 11.8 Å². The second-order valence-corrected chi connectivity index (χ2v) is 8.64. The first-order valence-electron chi connectivity index (χ1n) is 7.53. The highest BCUT2D eigenvalue weighted by atomic mass is 16.6. The summed E-state index contributed by atoms with van der Waals surface area (Å²) in [4.78, 5) is 14.1. The van der Waals surface area contributed by atoms with Crippen LogP contribution in [0.5, 0.6) is 0 Å². The van der Waals surface area contributed by atoms with Crippen molar-refractivity contribution in [1.29, 1.82) is 0 Å². The molecule has 108 valence electrons. The van der Waals surface area contributed by atoms with Crippen LogP contribution in [0.1, 0.15) is 20.8 Å². The fraction of sp³-hybridized carbons (Fsp3) is 0.917. The molecular formula is C12H25B4NO3. The number of hydrogen-bond acceptors (Lipinski definition) is 3. The van der Waals surface area contributed by atoms with Crippen LogP contribution in [0.25, 0.3) is 0 Å². The summed E-state index contributed by atoms with van der Waals surface area (Å²) >= 11 is 0. The standard InChI is InChI=1S/C12H25B4NO3/c1-10(2,3)20-9(19)17-4-6-7(5-17)12(15,16)8(18)11(6,13)14/h6-8,18H,4-5,13-16H2,1-3H3. The lowest BCUT2D eigenvalue weighted by molar-refractivity contribution is 0.0263. The van der Waals surface area contributed by atoms with Crippen molar-refractivity contribution in [3.05, 3.63) is 0 Å². The van der Waals surface area contributed by atoms with E-state index in [-0.39, 0.29) is 22.6 Å². The fourth-order valence-corrected chi connectivity index (χ4v) is 4.15. The number of amides is 1. The maximum atomic E-state index is 12.2. The monoisotopic (exact) mass is 275 g/mol. The number of ether oxygens (including phenoxy) is 1. The molecule has 1 heterocycles. The summed E-state index contributed by atoms with van der Waals surface area (Å²) in [5.74, 6) is 0.667. The first-order chi connectivity index (χ1) is 8.87. The lowest BCUT2D eigenvalue weighted by atomic mass is 9.43. The SMILES string of the molecule is BC1(B)C2CN(C(=O)OC(C)(C)C)CC2C(B)(B)C1O. The van der Waals surface area contributed by atoms with Crippen molar-refractivity contribution in [3.8, 4) is 0 Å². The number of carbonyl (C=O) groups is 1. The van der Waals surface area contributed by atoms with Crippen LogP contribution >= 0.6 is 0 Å². The van der Waals surface area contributed by atoms with Crippen molar-refractivity contribution < 1.29 is 14.6 Å². The molecule has 0 aromatic carbocycles. The highest BCUT2D eigenvalue weighted by Gasteiger charge is 2.61. The Morgan fingerprint density at radius 2 is 1.55 bits per heavy atom. The molecule has 1 saturated heterocycles. The van der Waals surface area contributed by atoms with Crippen molar-refractivity contribution >= 4 is 37.5 Å². The van der Waals surface area contributed by atoms with Crippen LogP contribution in [0, 0.1) is 11.8 Å². The van der Waals surface area contributed by atoms with Gasteiger partial charge in [0, 0.05) is 19.2 Å². The Balaban J connectivity index is 2.15. The highest BCUT2D eigenvalue weighted by molar-refractivity contribution is 6.47. The first-order valence-corrected chi connectivity index (χ1v) is 7.53. The number of hydrogen-bond donors (Lipinski definition) is 1.